The van der Waals surface area contributed by atoms with E-state index < -0.39 is 0 Å². The number of anilines is 1. The van der Waals surface area contributed by atoms with Gasteiger partial charge in [-0.25, -0.2) is 9.40 Å². The second-order valence-electron chi connectivity index (χ2n) is 8.83. The van der Waals surface area contributed by atoms with Crippen molar-refractivity contribution in [1.29, 1.82) is 0 Å². The fourth-order valence-corrected chi connectivity index (χ4v) is 4.64. The Morgan fingerprint density at radius 3 is 2.50 bits per heavy atom. The lowest BCUT2D eigenvalue weighted by Crippen LogP contribution is -2.59. The minimum Gasteiger partial charge on any atom is -0.351 e. The summed E-state index contributed by atoms with van der Waals surface area (Å²) in [5, 5.41) is 4.24. The number of nitrogens with one attached hydrogen (secondary N) is 2. The lowest BCUT2D eigenvalue weighted by atomic mass is 9.80. The summed E-state index contributed by atoms with van der Waals surface area (Å²) < 4.78 is 13.2. The molecule has 2 aliphatic carbocycles. The van der Waals surface area contributed by atoms with Crippen molar-refractivity contribution in [2.45, 2.75) is 31.1 Å². The van der Waals surface area contributed by atoms with Crippen LogP contribution in [0.1, 0.15) is 41.6 Å². The zero-order valence-electron chi connectivity index (χ0n) is 17.5. The average Bonchev–Trinajstić information content (AvgIpc) is 3.61. The molecule has 2 atom stereocenters. The predicted molar refractivity (Wildman–Crippen MR) is 117 cm³/mol. The number of carbonyl (C=O) groups is 3. The largest absolute Gasteiger partial charge is 0.351 e. The molecule has 1 saturated heterocycles. The number of fused-ring (bicyclic) bond motifs is 1. The van der Waals surface area contributed by atoms with Crippen molar-refractivity contribution in [1.82, 2.24) is 10.7 Å². The van der Waals surface area contributed by atoms with Crippen LogP contribution in [0.5, 0.6) is 0 Å². The fourth-order valence-electron chi connectivity index (χ4n) is 4.64. The normalized spacial score (nSPS) is 23.3. The van der Waals surface area contributed by atoms with Crippen molar-refractivity contribution in [3.05, 3.63) is 77.6 Å². The summed E-state index contributed by atoms with van der Waals surface area (Å²) in [5.74, 6) is -1.59. The Kier molecular flexibility index (Phi) is 5.04. The monoisotopic (exact) mass is 433 g/mol. The molecule has 32 heavy (non-hydrogen) atoms. The summed E-state index contributed by atoms with van der Waals surface area (Å²) in [4.78, 5) is 38.3. The highest BCUT2D eigenvalue weighted by Crippen LogP contribution is 2.47. The molecule has 2 aromatic carbocycles. The molecule has 0 spiro atoms. The van der Waals surface area contributed by atoms with Crippen LogP contribution in [0.4, 0.5) is 10.1 Å². The molecule has 6 nitrogen and oxygen atoms in total. The average molecular weight is 433 g/mol. The van der Waals surface area contributed by atoms with Gasteiger partial charge in [0.05, 0.1) is 17.5 Å². The first-order chi connectivity index (χ1) is 15.5. The molecule has 1 heterocycles. The zero-order chi connectivity index (χ0) is 22.3. The Hall–Kier alpha value is -3.48. The predicted octanol–water partition coefficient (Wildman–Crippen LogP) is 3.25. The first-order valence-corrected chi connectivity index (χ1v) is 10.9. The highest BCUT2D eigenvalue weighted by atomic mass is 19.1. The van der Waals surface area contributed by atoms with Crippen LogP contribution in [-0.2, 0) is 15.0 Å². The number of hydrogen-bond acceptors (Lipinski definition) is 3. The van der Waals surface area contributed by atoms with Crippen LogP contribution in [-0.4, -0.2) is 24.3 Å². The molecule has 2 aromatic rings. The second kappa shape index (κ2) is 7.89. The van der Waals surface area contributed by atoms with Crippen molar-refractivity contribution in [2.75, 3.05) is 11.6 Å². The van der Waals surface area contributed by atoms with E-state index in [1.54, 1.807) is 36.4 Å². The van der Waals surface area contributed by atoms with Crippen molar-refractivity contribution >= 4 is 23.4 Å². The molecule has 1 saturated carbocycles. The van der Waals surface area contributed by atoms with Crippen LogP contribution in [0.15, 0.2) is 60.7 Å². The Balaban J connectivity index is 1.29. The van der Waals surface area contributed by atoms with Crippen molar-refractivity contribution in [3.8, 4) is 0 Å². The van der Waals surface area contributed by atoms with Gasteiger partial charge in [-0.3, -0.25) is 19.8 Å². The van der Waals surface area contributed by atoms with Gasteiger partial charge in [-0.2, -0.15) is 0 Å². The molecule has 164 valence electrons. The van der Waals surface area contributed by atoms with Crippen LogP contribution in [0.2, 0.25) is 0 Å². The molecular formula is C25H24FN3O3. The van der Waals surface area contributed by atoms with Gasteiger partial charge in [-0.1, -0.05) is 30.4 Å². The number of benzene rings is 2. The van der Waals surface area contributed by atoms with Gasteiger partial charge in [-0.15, -0.1) is 0 Å². The van der Waals surface area contributed by atoms with E-state index in [4.69, 9.17) is 0 Å². The maximum absolute atomic E-state index is 13.2. The SMILES string of the molecule is O=C(NCC1(c2ccc(F)cc2)CC1)c1cccc(N2NC(=O)C3CC=CCC3C2=O)c1. The lowest BCUT2D eigenvalue weighted by molar-refractivity contribution is -0.139. The molecule has 7 heteroatoms. The molecular weight excluding hydrogens is 409 g/mol. The van der Waals surface area contributed by atoms with Crippen LogP contribution in [0, 0.1) is 17.7 Å². The third-order valence-corrected chi connectivity index (χ3v) is 6.79. The summed E-state index contributed by atoms with van der Waals surface area (Å²) in [5.41, 5.74) is 4.43. The molecule has 2 fully saturated rings. The van der Waals surface area contributed by atoms with Gasteiger partial charge in [0.2, 0.25) is 11.8 Å². The van der Waals surface area contributed by atoms with E-state index in [0.29, 0.717) is 30.6 Å². The third kappa shape index (κ3) is 3.68. The maximum Gasteiger partial charge on any atom is 0.251 e. The van der Waals surface area contributed by atoms with Crippen molar-refractivity contribution in [3.63, 3.8) is 0 Å². The number of carbonyl (C=O) groups excluding carboxylic acids is 3. The van der Waals surface area contributed by atoms with Gasteiger partial charge < -0.3 is 5.32 Å². The Labute approximate surface area is 185 Å². The van der Waals surface area contributed by atoms with Gasteiger partial charge in [0.1, 0.15) is 5.82 Å². The number of allylic oxidation sites excluding steroid dienone is 2. The Morgan fingerprint density at radius 2 is 1.78 bits per heavy atom. The minimum atomic E-state index is -0.378. The number of rotatable bonds is 5. The number of halogens is 1. The van der Waals surface area contributed by atoms with E-state index in [0.717, 1.165) is 18.4 Å². The van der Waals surface area contributed by atoms with E-state index in [-0.39, 0.29) is 40.8 Å². The van der Waals surface area contributed by atoms with Gasteiger partial charge in [0.25, 0.3) is 5.91 Å². The lowest BCUT2D eigenvalue weighted by Gasteiger charge is -2.38. The van der Waals surface area contributed by atoms with Gasteiger partial charge in [-0.05, 0) is 61.6 Å². The summed E-state index contributed by atoms with van der Waals surface area (Å²) >= 11 is 0. The number of nitrogens with zero attached hydrogens (tertiary/aromatic N) is 1. The quantitative estimate of drug-likeness (QED) is 0.711. The molecule has 1 aliphatic heterocycles. The zero-order valence-corrected chi connectivity index (χ0v) is 17.5. The summed E-state index contributed by atoms with van der Waals surface area (Å²) in [7, 11) is 0. The van der Waals surface area contributed by atoms with Crippen LogP contribution < -0.4 is 15.8 Å². The summed E-state index contributed by atoms with van der Waals surface area (Å²) in [6, 6.07) is 13.1. The van der Waals surface area contributed by atoms with Crippen LogP contribution >= 0.6 is 0 Å². The molecule has 3 aliphatic rings. The third-order valence-electron chi connectivity index (χ3n) is 6.79. The number of amides is 3. The van der Waals surface area contributed by atoms with Crippen molar-refractivity contribution < 1.29 is 18.8 Å². The summed E-state index contributed by atoms with van der Waals surface area (Å²) in [6.45, 7) is 0.456. The standard InChI is InChI=1S/C25H24FN3O3/c26-18-10-8-17(9-11-18)25(12-13-25)15-27-22(30)16-4-3-5-19(14-16)29-24(32)21-7-2-1-6-20(21)23(31)28-29/h1-5,8-11,14,20-21H,6-7,12-13,15H2,(H,27,30)(H,28,31). The first-order valence-electron chi connectivity index (χ1n) is 10.9. The topological polar surface area (TPSA) is 78.5 Å². The van der Waals surface area contributed by atoms with Gasteiger partial charge >= 0.3 is 0 Å². The van der Waals surface area contributed by atoms with Gasteiger partial charge in [0, 0.05) is 17.5 Å². The summed E-state index contributed by atoms with van der Waals surface area (Å²) in [6.07, 6.45) is 6.85. The van der Waals surface area contributed by atoms with E-state index in [1.165, 1.54) is 17.1 Å². The van der Waals surface area contributed by atoms with E-state index in [2.05, 4.69) is 10.7 Å². The van der Waals surface area contributed by atoms with E-state index in [1.807, 2.05) is 12.2 Å². The fraction of sp³-hybridized carbons (Fsp3) is 0.320. The highest BCUT2D eigenvalue weighted by Gasteiger charge is 2.45. The van der Waals surface area contributed by atoms with Crippen molar-refractivity contribution in [2.24, 2.45) is 11.8 Å². The maximum atomic E-state index is 13.2. The molecule has 2 unspecified atom stereocenters. The number of hydrogen-bond donors (Lipinski definition) is 2. The number of hydrazine groups is 1. The van der Waals surface area contributed by atoms with Crippen LogP contribution in [0.25, 0.3) is 0 Å². The second-order valence-corrected chi connectivity index (χ2v) is 8.83. The molecule has 0 radical (unpaired) electrons. The molecule has 0 aromatic heterocycles. The Morgan fingerprint density at radius 1 is 1.06 bits per heavy atom. The van der Waals surface area contributed by atoms with E-state index in [9.17, 15) is 18.8 Å². The smallest absolute Gasteiger partial charge is 0.251 e. The van der Waals surface area contributed by atoms with Gasteiger partial charge in [0.15, 0.2) is 0 Å². The van der Waals surface area contributed by atoms with E-state index >= 15 is 0 Å². The molecule has 5 rings (SSSR count). The molecule has 0 bridgehead atoms. The molecule has 3 amide bonds. The Bertz CT molecular complexity index is 1110. The molecule has 2 N–H and O–H groups in total. The van der Waals surface area contributed by atoms with Crippen LogP contribution in [0.3, 0.4) is 0 Å². The first kappa shape index (κ1) is 20.4. The highest BCUT2D eigenvalue weighted by molar-refractivity contribution is 6.05. The minimum absolute atomic E-state index is 0.151.